The van der Waals surface area contributed by atoms with Crippen LogP contribution in [-0.4, -0.2) is 16.3 Å². The van der Waals surface area contributed by atoms with Gasteiger partial charge in [-0.2, -0.15) is 5.10 Å². The third kappa shape index (κ3) is 2.56. The van der Waals surface area contributed by atoms with E-state index in [0.717, 1.165) is 35.6 Å². The molecule has 3 nitrogen and oxygen atoms in total. The van der Waals surface area contributed by atoms with Gasteiger partial charge in [0.15, 0.2) is 17.5 Å². The lowest BCUT2D eigenvalue weighted by molar-refractivity contribution is 0.446. The van der Waals surface area contributed by atoms with Crippen molar-refractivity contribution in [2.24, 2.45) is 0 Å². The van der Waals surface area contributed by atoms with Crippen LogP contribution < -0.4 is 5.32 Å². The molecule has 2 aromatic rings. The van der Waals surface area contributed by atoms with Crippen molar-refractivity contribution in [3.63, 3.8) is 0 Å². The van der Waals surface area contributed by atoms with E-state index in [9.17, 15) is 13.2 Å². The highest BCUT2D eigenvalue weighted by molar-refractivity contribution is 5.38. The maximum atomic E-state index is 13.3. The molecule has 20 heavy (non-hydrogen) atoms. The topological polar surface area (TPSA) is 29.9 Å². The van der Waals surface area contributed by atoms with Gasteiger partial charge in [-0.3, -0.25) is 0 Å². The van der Waals surface area contributed by atoms with Crippen molar-refractivity contribution < 1.29 is 13.2 Å². The zero-order valence-corrected chi connectivity index (χ0v) is 11.6. The normalized spacial score (nSPS) is 11.1. The Balaban J connectivity index is 2.48. The first-order chi connectivity index (χ1) is 9.45. The molecule has 0 bridgehead atoms. The monoisotopic (exact) mass is 283 g/mol. The van der Waals surface area contributed by atoms with Crippen LogP contribution in [0.4, 0.5) is 13.2 Å². The summed E-state index contributed by atoms with van der Waals surface area (Å²) in [7, 11) is 0. The van der Waals surface area contributed by atoms with E-state index < -0.39 is 17.5 Å². The van der Waals surface area contributed by atoms with Crippen molar-refractivity contribution >= 4 is 0 Å². The van der Waals surface area contributed by atoms with Crippen molar-refractivity contribution in [2.75, 3.05) is 6.54 Å². The Kier molecular flexibility index (Phi) is 4.13. The van der Waals surface area contributed by atoms with Gasteiger partial charge in [0.2, 0.25) is 0 Å². The van der Waals surface area contributed by atoms with E-state index in [1.54, 1.807) is 0 Å². The number of rotatable bonds is 4. The van der Waals surface area contributed by atoms with Gasteiger partial charge >= 0.3 is 0 Å². The molecule has 0 aliphatic heterocycles. The van der Waals surface area contributed by atoms with Gasteiger partial charge in [-0.1, -0.05) is 6.92 Å². The number of benzene rings is 1. The van der Waals surface area contributed by atoms with Gasteiger partial charge in [0.25, 0.3) is 0 Å². The minimum Gasteiger partial charge on any atom is -0.313 e. The van der Waals surface area contributed by atoms with Gasteiger partial charge in [-0.25, -0.2) is 17.9 Å². The fourth-order valence-corrected chi connectivity index (χ4v) is 2.10. The maximum absolute atomic E-state index is 13.3. The smallest absolute Gasteiger partial charge is 0.194 e. The zero-order valence-electron chi connectivity index (χ0n) is 11.6. The minimum atomic E-state index is -1.47. The highest BCUT2D eigenvalue weighted by Gasteiger charge is 2.16. The second-order valence-electron chi connectivity index (χ2n) is 4.56. The molecule has 1 aromatic carbocycles. The second-order valence-corrected chi connectivity index (χ2v) is 4.56. The molecule has 108 valence electrons. The molecule has 6 heteroatoms. The average molecular weight is 283 g/mol. The standard InChI is InChI=1S/C14H16F3N3/c1-4-18-7-11-8(2)19-20(9(11)3)10-5-12(15)14(17)13(16)6-10/h5-6,18H,4,7H2,1-3H3. The third-order valence-electron chi connectivity index (χ3n) is 3.21. The number of halogens is 3. The lowest BCUT2D eigenvalue weighted by atomic mass is 10.2. The van der Waals surface area contributed by atoms with E-state index >= 15 is 0 Å². The molecule has 1 N–H and O–H groups in total. The Morgan fingerprint density at radius 1 is 1.15 bits per heavy atom. The highest BCUT2D eigenvalue weighted by Crippen LogP contribution is 2.21. The van der Waals surface area contributed by atoms with E-state index in [0.29, 0.717) is 6.54 Å². The molecule has 0 unspecified atom stereocenters. The summed E-state index contributed by atoms with van der Waals surface area (Å²) in [6.45, 7) is 7.06. The van der Waals surface area contributed by atoms with Gasteiger partial charge in [0, 0.05) is 29.9 Å². The Morgan fingerprint density at radius 2 is 1.75 bits per heavy atom. The van der Waals surface area contributed by atoms with Gasteiger partial charge in [-0.05, 0) is 20.4 Å². The average Bonchev–Trinajstić information content (AvgIpc) is 2.68. The Bertz CT molecular complexity index is 612. The molecule has 0 saturated carbocycles. The van der Waals surface area contributed by atoms with Crippen molar-refractivity contribution in [1.82, 2.24) is 15.1 Å². The van der Waals surface area contributed by atoms with Crippen LogP contribution in [0.15, 0.2) is 12.1 Å². The lowest BCUT2D eigenvalue weighted by Gasteiger charge is -2.07. The van der Waals surface area contributed by atoms with Crippen LogP contribution >= 0.6 is 0 Å². The maximum Gasteiger partial charge on any atom is 0.194 e. The molecule has 2 rings (SSSR count). The predicted octanol–water partition coefficient (Wildman–Crippen LogP) is 3.02. The van der Waals surface area contributed by atoms with Crippen molar-refractivity contribution in [2.45, 2.75) is 27.3 Å². The molecular weight excluding hydrogens is 267 g/mol. The third-order valence-corrected chi connectivity index (χ3v) is 3.21. The molecule has 0 aliphatic rings. The number of nitrogens with one attached hydrogen (secondary N) is 1. The lowest BCUT2D eigenvalue weighted by Crippen LogP contribution is -2.13. The van der Waals surface area contributed by atoms with Crippen LogP contribution in [0.5, 0.6) is 0 Å². The molecule has 0 saturated heterocycles. The molecular formula is C14H16F3N3. The number of nitrogens with zero attached hydrogens (tertiary/aromatic N) is 2. The quantitative estimate of drug-likeness (QED) is 0.874. The van der Waals surface area contributed by atoms with Crippen molar-refractivity contribution in [1.29, 1.82) is 0 Å². The van der Waals surface area contributed by atoms with Gasteiger partial charge in [-0.15, -0.1) is 0 Å². The summed E-state index contributed by atoms with van der Waals surface area (Å²) in [5, 5.41) is 7.45. The zero-order chi connectivity index (χ0) is 14.9. The van der Waals surface area contributed by atoms with Crippen molar-refractivity contribution in [3.8, 4) is 5.69 Å². The number of aryl methyl sites for hydroxylation is 1. The first kappa shape index (κ1) is 14.6. The summed E-state index contributed by atoms with van der Waals surface area (Å²) in [5.41, 5.74) is 2.68. The predicted molar refractivity (Wildman–Crippen MR) is 70.3 cm³/mol. The number of aromatic nitrogens is 2. The first-order valence-corrected chi connectivity index (χ1v) is 6.36. The summed E-state index contributed by atoms with van der Waals surface area (Å²) < 4.78 is 41.0. The minimum absolute atomic E-state index is 0.171. The fraction of sp³-hybridized carbons (Fsp3) is 0.357. The van der Waals surface area contributed by atoms with Crippen LogP contribution in [0, 0.1) is 31.3 Å². The van der Waals surface area contributed by atoms with Crippen molar-refractivity contribution in [3.05, 3.63) is 46.5 Å². The summed E-state index contributed by atoms with van der Waals surface area (Å²) in [5.74, 6) is -3.91. The summed E-state index contributed by atoms with van der Waals surface area (Å²) in [6, 6.07) is 1.88. The van der Waals surface area contributed by atoms with E-state index in [1.165, 1.54) is 4.68 Å². The molecule has 0 aliphatic carbocycles. The van der Waals surface area contributed by atoms with Crippen LogP contribution in [0.1, 0.15) is 23.9 Å². The van der Waals surface area contributed by atoms with E-state index in [-0.39, 0.29) is 5.69 Å². The molecule has 0 spiro atoms. The van der Waals surface area contributed by atoms with Gasteiger partial charge in [0.1, 0.15) is 0 Å². The summed E-state index contributed by atoms with van der Waals surface area (Å²) >= 11 is 0. The largest absolute Gasteiger partial charge is 0.313 e. The Labute approximate surface area is 115 Å². The summed E-state index contributed by atoms with van der Waals surface area (Å²) in [4.78, 5) is 0. The fourth-order valence-electron chi connectivity index (χ4n) is 2.10. The molecule has 1 aromatic heterocycles. The Hall–Kier alpha value is -1.82. The SMILES string of the molecule is CCNCc1c(C)nn(-c2cc(F)c(F)c(F)c2)c1C. The van der Waals surface area contributed by atoms with Gasteiger partial charge in [0.05, 0.1) is 11.4 Å². The van der Waals surface area contributed by atoms with Crippen LogP contribution in [0.3, 0.4) is 0 Å². The molecule has 1 heterocycles. The number of hydrogen-bond acceptors (Lipinski definition) is 2. The van der Waals surface area contributed by atoms with Crippen LogP contribution in [0.2, 0.25) is 0 Å². The van der Waals surface area contributed by atoms with E-state index in [4.69, 9.17) is 0 Å². The van der Waals surface area contributed by atoms with E-state index in [2.05, 4.69) is 10.4 Å². The second kappa shape index (κ2) is 5.66. The molecule has 0 fully saturated rings. The Morgan fingerprint density at radius 3 is 2.30 bits per heavy atom. The highest BCUT2D eigenvalue weighted by atomic mass is 19.2. The van der Waals surface area contributed by atoms with Crippen LogP contribution in [0.25, 0.3) is 5.69 Å². The van der Waals surface area contributed by atoms with E-state index in [1.807, 2.05) is 20.8 Å². The van der Waals surface area contributed by atoms with Crippen LogP contribution in [-0.2, 0) is 6.54 Å². The van der Waals surface area contributed by atoms with Gasteiger partial charge < -0.3 is 5.32 Å². The number of hydrogen-bond donors (Lipinski definition) is 1. The molecule has 0 atom stereocenters. The summed E-state index contributed by atoms with van der Waals surface area (Å²) in [6.07, 6.45) is 0. The first-order valence-electron chi connectivity index (χ1n) is 6.36. The molecule has 0 radical (unpaired) electrons. The molecule has 0 amide bonds.